The summed E-state index contributed by atoms with van der Waals surface area (Å²) in [4.78, 5) is 13.6. The van der Waals surface area contributed by atoms with Gasteiger partial charge in [-0.2, -0.15) is 0 Å². The van der Waals surface area contributed by atoms with Gasteiger partial charge in [-0.15, -0.1) is 11.3 Å². The number of anilines is 1. The Hall–Kier alpha value is -1.03. The summed E-state index contributed by atoms with van der Waals surface area (Å²) in [6, 6.07) is 0.00315. The highest BCUT2D eigenvalue weighted by Crippen LogP contribution is 2.30. The first kappa shape index (κ1) is 9.52. The number of amides is 2. The van der Waals surface area contributed by atoms with Crippen LogP contribution in [0.15, 0.2) is 10.8 Å². The zero-order valence-corrected chi connectivity index (χ0v) is 9.44. The molecule has 0 aliphatic carbocycles. The number of fused-ring (bicyclic) bond motifs is 1. The van der Waals surface area contributed by atoms with Crippen LogP contribution in [0.4, 0.5) is 10.5 Å². The molecule has 3 nitrogen and oxygen atoms in total. The molecule has 0 fully saturated rings. The van der Waals surface area contributed by atoms with Gasteiger partial charge in [0.25, 0.3) is 0 Å². The second-order valence-corrected chi connectivity index (χ2v) is 5.24. The summed E-state index contributed by atoms with van der Waals surface area (Å²) >= 11 is 1.63. The van der Waals surface area contributed by atoms with Crippen molar-refractivity contribution < 1.29 is 4.79 Å². The molecule has 2 rings (SSSR count). The molecule has 0 saturated carbocycles. The highest BCUT2D eigenvalue weighted by Gasteiger charge is 2.31. The van der Waals surface area contributed by atoms with Crippen molar-refractivity contribution >= 4 is 23.1 Å². The topological polar surface area (TPSA) is 32.3 Å². The van der Waals surface area contributed by atoms with Crippen molar-refractivity contribution in [3.63, 3.8) is 0 Å². The van der Waals surface area contributed by atoms with Gasteiger partial charge >= 0.3 is 6.03 Å². The number of thiophene rings is 1. The Bertz CT molecular complexity index is 364. The van der Waals surface area contributed by atoms with Crippen LogP contribution in [0.25, 0.3) is 0 Å². The summed E-state index contributed by atoms with van der Waals surface area (Å²) in [7, 11) is 0. The van der Waals surface area contributed by atoms with E-state index < -0.39 is 0 Å². The van der Waals surface area contributed by atoms with Gasteiger partial charge < -0.3 is 10.2 Å². The van der Waals surface area contributed by atoms with E-state index in [1.807, 2.05) is 31.1 Å². The van der Waals surface area contributed by atoms with Gasteiger partial charge in [-0.25, -0.2) is 4.79 Å². The van der Waals surface area contributed by atoms with Crippen molar-refractivity contribution in [3.8, 4) is 0 Å². The lowest BCUT2D eigenvalue weighted by molar-refractivity contribution is 0.149. The highest BCUT2D eigenvalue weighted by atomic mass is 32.1. The van der Waals surface area contributed by atoms with Crippen molar-refractivity contribution in [1.82, 2.24) is 4.90 Å². The fourth-order valence-electron chi connectivity index (χ4n) is 1.52. The zero-order valence-electron chi connectivity index (χ0n) is 8.63. The van der Waals surface area contributed by atoms with Crippen LogP contribution in [-0.2, 0) is 6.54 Å². The maximum absolute atomic E-state index is 11.7. The number of rotatable bonds is 0. The Labute approximate surface area is 87.7 Å². The second-order valence-electron chi connectivity index (χ2n) is 4.50. The maximum atomic E-state index is 11.7. The number of hydrogen-bond acceptors (Lipinski definition) is 2. The van der Waals surface area contributed by atoms with E-state index in [1.165, 1.54) is 5.56 Å². The quantitative estimate of drug-likeness (QED) is 0.701. The number of carbonyl (C=O) groups is 1. The van der Waals surface area contributed by atoms with E-state index in [2.05, 4.69) is 10.7 Å². The van der Waals surface area contributed by atoms with Crippen LogP contribution >= 0.6 is 11.3 Å². The molecular weight excluding hydrogens is 196 g/mol. The van der Waals surface area contributed by atoms with Crippen LogP contribution in [0, 0.1) is 0 Å². The van der Waals surface area contributed by atoms with Crippen LogP contribution in [0.1, 0.15) is 26.3 Å². The van der Waals surface area contributed by atoms with Crippen LogP contribution in [0.3, 0.4) is 0 Å². The molecule has 0 radical (unpaired) electrons. The number of carbonyl (C=O) groups excluding carboxylic acids is 1. The third-order valence-corrected chi connectivity index (χ3v) is 3.16. The van der Waals surface area contributed by atoms with Crippen molar-refractivity contribution in [1.29, 1.82) is 0 Å². The van der Waals surface area contributed by atoms with Crippen LogP contribution in [-0.4, -0.2) is 16.5 Å². The smallest absolute Gasteiger partial charge is 0.315 e. The van der Waals surface area contributed by atoms with Gasteiger partial charge in [0.15, 0.2) is 0 Å². The third kappa shape index (κ3) is 1.50. The molecule has 1 N–H and O–H groups in total. The minimum Gasteiger partial charge on any atom is -0.315 e. The molecule has 1 aliphatic rings. The van der Waals surface area contributed by atoms with Crippen molar-refractivity contribution in [3.05, 3.63) is 16.3 Å². The predicted octanol–water partition coefficient (Wildman–Crippen LogP) is 2.89. The summed E-state index contributed by atoms with van der Waals surface area (Å²) in [6.45, 7) is 6.85. The Morgan fingerprint density at radius 1 is 1.43 bits per heavy atom. The average molecular weight is 210 g/mol. The van der Waals surface area contributed by atoms with Crippen molar-refractivity contribution in [2.45, 2.75) is 32.9 Å². The van der Waals surface area contributed by atoms with E-state index in [0.29, 0.717) is 6.54 Å². The van der Waals surface area contributed by atoms with Gasteiger partial charge in [0.1, 0.15) is 0 Å². The van der Waals surface area contributed by atoms with Gasteiger partial charge in [-0.3, -0.25) is 0 Å². The standard InChI is InChI=1S/C10H14N2OS/c1-10(2,3)12-4-7-5-14-6-8(7)11-9(12)13/h5-6H,4H2,1-3H3,(H,11,13). The van der Waals surface area contributed by atoms with E-state index in [0.717, 1.165) is 5.69 Å². The van der Waals surface area contributed by atoms with E-state index in [1.54, 1.807) is 11.3 Å². The highest BCUT2D eigenvalue weighted by molar-refractivity contribution is 7.08. The van der Waals surface area contributed by atoms with Gasteiger partial charge in [0.2, 0.25) is 0 Å². The molecule has 0 spiro atoms. The first-order valence-electron chi connectivity index (χ1n) is 4.62. The number of nitrogens with one attached hydrogen (secondary N) is 1. The zero-order chi connectivity index (χ0) is 10.3. The second kappa shape index (κ2) is 2.98. The Kier molecular flexibility index (Phi) is 2.03. The number of urea groups is 1. The molecular formula is C10H14N2OS. The Morgan fingerprint density at radius 2 is 2.14 bits per heavy atom. The van der Waals surface area contributed by atoms with E-state index >= 15 is 0 Å². The molecule has 4 heteroatoms. The van der Waals surface area contributed by atoms with Crippen LogP contribution in [0.2, 0.25) is 0 Å². The summed E-state index contributed by atoms with van der Waals surface area (Å²) in [5.74, 6) is 0. The molecule has 0 saturated heterocycles. The molecule has 2 heterocycles. The maximum Gasteiger partial charge on any atom is 0.322 e. The molecule has 76 valence electrons. The predicted molar refractivity (Wildman–Crippen MR) is 58.6 cm³/mol. The molecule has 0 unspecified atom stereocenters. The van der Waals surface area contributed by atoms with Crippen LogP contribution < -0.4 is 5.32 Å². The summed E-state index contributed by atoms with van der Waals surface area (Å²) < 4.78 is 0. The Morgan fingerprint density at radius 3 is 2.79 bits per heavy atom. The molecule has 1 aromatic heterocycles. The summed E-state index contributed by atoms with van der Waals surface area (Å²) in [5.41, 5.74) is 2.06. The summed E-state index contributed by atoms with van der Waals surface area (Å²) in [5, 5.41) is 6.96. The molecule has 2 amide bonds. The van der Waals surface area contributed by atoms with E-state index in [4.69, 9.17) is 0 Å². The average Bonchev–Trinajstić information content (AvgIpc) is 2.47. The molecule has 1 aromatic rings. The third-order valence-electron chi connectivity index (χ3n) is 2.37. The van der Waals surface area contributed by atoms with Crippen LogP contribution in [0.5, 0.6) is 0 Å². The van der Waals surface area contributed by atoms with Crippen molar-refractivity contribution in [2.24, 2.45) is 0 Å². The molecule has 0 bridgehead atoms. The summed E-state index contributed by atoms with van der Waals surface area (Å²) in [6.07, 6.45) is 0. The lowest BCUT2D eigenvalue weighted by atomic mass is 10.0. The first-order valence-corrected chi connectivity index (χ1v) is 5.56. The van der Waals surface area contributed by atoms with E-state index in [9.17, 15) is 4.79 Å². The first-order chi connectivity index (χ1) is 6.48. The molecule has 0 aromatic carbocycles. The monoisotopic (exact) mass is 210 g/mol. The number of hydrogen-bond donors (Lipinski definition) is 1. The lowest BCUT2D eigenvalue weighted by Crippen LogP contribution is -2.49. The van der Waals surface area contributed by atoms with Crippen molar-refractivity contribution in [2.75, 3.05) is 5.32 Å². The molecule has 0 atom stereocenters. The lowest BCUT2D eigenvalue weighted by Gasteiger charge is -2.38. The number of nitrogens with zero attached hydrogens (tertiary/aromatic N) is 1. The van der Waals surface area contributed by atoms with Gasteiger partial charge in [-0.05, 0) is 26.2 Å². The molecule has 14 heavy (non-hydrogen) atoms. The normalized spacial score (nSPS) is 16.5. The largest absolute Gasteiger partial charge is 0.322 e. The fraction of sp³-hybridized carbons (Fsp3) is 0.500. The SMILES string of the molecule is CC(C)(C)N1Cc2cscc2NC1=O. The fourth-order valence-corrected chi connectivity index (χ4v) is 2.30. The van der Waals surface area contributed by atoms with Gasteiger partial charge in [0, 0.05) is 16.5 Å². The Balaban J connectivity index is 2.31. The molecule has 1 aliphatic heterocycles. The minimum atomic E-state index is -0.121. The van der Waals surface area contributed by atoms with Gasteiger partial charge in [-0.1, -0.05) is 0 Å². The van der Waals surface area contributed by atoms with E-state index in [-0.39, 0.29) is 11.6 Å². The van der Waals surface area contributed by atoms with Gasteiger partial charge in [0.05, 0.1) is 12.2 Å². The minimum absolute atomic E-state index is 0.00315.